The number of nitrogen functional groups attached to an aromatic ring is 1. The minimum Gasteiger partial charge on any atom is -0.497 e. The second-order valence-corrected chi connectivity index (χ2v) is 8.17. The number of ether oxygens (including phenoxy) is 1. The third-order valence-electron chi connectivity index (χ3n) is 4.87. The lowest BCUT2D eigenvalue weighted by atomic mass is 10.1. The van der Waals surface area contributed by atoms with Gasteiger partial charge in [0.2, 0.25) is 11.1 Å². The number of carbonyl (C=O) groups excluding carboxylic acids is 1. The van der Waals surface area contributed by atoms with E-state index in [0.29, 0.717) is 11.0 Å². The molecule has 1 aromatic heterocycles. The molecule has 146 valence electrons. The standard InChI is InChI=1S/C19H27N5O2S/c1-13(18(25)21-15-7-5-3-4-6-8-15)27-19-23-22-17(24(19)20)14-9-11-16(26-2)12-10-14/h9-13,15H,3-8,20H2,1-2H3,(H,21,25)/t13-/m0/s1. The van der Waals surface area contributed by atoms with Crippen LogP contribution < -0.4 is 15.9 Å². The van der Waals surface area contributed by atoms with E-state index >= 15 is 0 Å². The van der Waals surface area contributed by atoms with Gasteiger partial charge in [-0.1, -0.05) is 37.4 Å². The van der Waals surface area contributed by atoms with Gasteiger partial charge in [0.25, 0.3) is 0 Å². The van der Waals surface area contributed by atoms with Gasteiger partial charge in [-0.05, 0) is 44.0 Å². The predicted octanol–water partition coefficient (Wildman–Crippen LogP) is 2.99. The molecule has 0 unspecified atom stereocenters. The van der Waals surface area contributed by atoms with Gasteiger partial charge in [-0.2, -0.15) is 0 Å². The molecule has 0 radical (unpaired) electrons. The molecule has 2 aromatic rings. The van der Waals surface area contributed by atoms with Crippen molar-refractivity contribution in [1.29, 1.82) is 0 Å². The predicted molar refractivity (Wildman–Crippen MR) is 107 cm³/mol. The second kappa shape index (κ2) is 9.12. The Morgan fingerprint density at radius 3 is 2.52 bits per heavy atom. The van der Waals surface area contributed by atoms with E-state index in [4.69, 9.17) is 10.6 Å². The average molecular weight is 390 g/mol. The number of hydrogen-bond acceptors (Lipinski definition) is 6. The molecular formula is C19H27N5O2S. The van der Waals surface area contributed by atoms with E-state index in [0.717, 1.165) is 24.2 Å². The van der Waals surface area contributed by atoms with Gasteiger partial charge in [0.1, 0.15) is 5.75 Å². The average Bonchev–Trinajstić information content (AvgIpc) is 2.87. The summed E-state index contributed by atoms with van der Waals surface area (Å²) in [7, 11) is 1.62. The molecule has 0 spiro atoms. The first-order valence-corrected chi connectivity index (χ1v) is 10.3. The minimum atomic E-state index is -0.288. The van der Waals surface area contributed by atoms with Crippen molar-refractivity contribution in [2.24, 2.45) is 0 Å². The van der Waals surface area contributed by atoms with Gasteiger partial charge < -0.3 is 15.9 Å². The highest BCUT2D eigenvalue weighted by Gasteiger charge is 2.22. The summed E-state index contributed by atoms with van der Waals surface area (Å²) >= 11 is 1.32. The molecule has 1 aliphatic carbocycles. The van der Waals surface area contributed by atoms with E-state index in [1.54, 1.807) is 7.11 Å². The zero-order valence-electron chi connectivity index (χ0n) is 15.9. The van der Waals surface area contributed by atoms with Crippen LogP contribution in [0.5, 0.6) is 5.75 Å². The number of rotatable bonds is 6. The van der Waals surface area contributed by atoms with Crippen LogP contribution in [0.15, 0.2) is 29.4 Å². The van der Waals surface area contributed by atoms with Crippen molar-refractivity contribution in [3.05, 3.63) is 24.3 Å². The van der Waals surface area contributed by atoms with Crippen molar-refractivity contribution >= 4 is 17.7 Å². The number of nitrogens with zero attached hydrogens (tertiary/aromatic N) is 3. The van der Waals surface area contributed by atoms with Crippen LogP contribution in [-0.4, -0.2) is 39.2 Å². The Balaban J connectivity index is 1.62. The van der Waals surface area contributed by atoms with E-state index in [1.807, 2.05) is 31.2 Å². The van der Waals surface area contributed by atoms with E-state index in [2.05, 4.69) is 15.5 Å². The van der Waals surface area contributed by atoms with E-state index in [-0.39, 0.29) is 17.2 Å². The summed E-state index contributed by atoms with van der Waals surface area (Å²) in [4.78, 5) is 12.5. The first-order valence-electron chi connectivity index (χ1n) is 9.40. The lowest BCUT2D eigenvalue weighted by Crippen LogP contribution is -2.39. The summed E-state index contributed by atoms with van der Waals surface area (Å²) in [5.74, 6) is 7.51. The third-order valence-corrected chi connectivity index (χ3v) is 5.92. The van der Waals surface area contributed by atoms with Crippen LogP contribution in [0, 0.1) is 0 Å². The van der Waals surface area contributed by atoms with E-state index < -0.39 is 0 Å². The largest absolute Gasteiger partial charge is 0.497 e. The maximum absolute atomic E-state index is 12.5. The van der Waals surface area contributed by atoms with Gasteiger partial charge in [-0.15, -0.1) is 10.2 Å². The van der Waals surface area contributed by atoms with Gasteiger partial charge in [0.15, 0.2) is 5.82 Å². The maximum Gasteiger partial charge on any atom is 0.233 e. The Hall–Kier alpha value is -2.22. The zero-order valence-corrected chi connectivity index (χ0v) is 16.7. The van der Waals surface area contributed by atoms with Gasteiger partial charge in [-0.25, -0.2) is 4.68 Å². The SMILES string of the molecule is COc1ccc(-c2nnc(S[C@@H](C)C(=O)NC3CCCCCC3)n2N)cc1. The Kier molecular flexibility index (Phi) is 6.60. The van der Waals surface area contributed by atoms with Crippen LogP contribution in [0.1, 0.15) is 45.4 Å². The van der Waals surface area contributed by atoms with Crippen LogP contribution >= 0.6 is 11.8 Å². The summed E-state index contributed by atoms with van der Waals surface area (Å²) in [6.45, 7) is 1.87. The highest BCUT2D eigenvalue weighted by molar-refractivity contribution is 8.00. The molecule has 1 fully saturated rings. The maximum atomic E-state index is 12.5. The summed E-state index contributed by atoms with van der Waals surface area (Å²) < 4.78 is 6.60. The summed E-state index contributed by atoms with van der Waals surface area (Å²) in [6.07, 6.45) is 7.04. The fraction of sp³-hybridized carbons (Fsp3) is 0.526. The Bertz CT molecular complexity index is 754. The van der Waals surface area contributed by atoms with Crippen molar-refractivity contribution in [2.75, 3.05) is 13.0 Å². The van der Waals surface area contributed by atoms with Crippen LogP contribution in [0.3, 0.4) is 0 Å². The lowest BCUT2D eigenvalue weighted by Gasteiger charge is -2.19. The molecule has 1 aromatic carbocycles. The number of methoxy groups -OCH3 is 1. The summed E-state index contributed by atoms with van der Waals surface area (Å²) in [6, 6.07) is 7.74. The third kappa shape index (κ3) is 4.94. The molecule has 3 rings (SSSR count). The first-order chi connectivity index (χ1) is 13.1. The summed E-state index contributed by atoms with van der Waals surface area (Å²) in [5, 5.41) is 11.7. The molecule has 3 N–H and O–H groups in total. The van der Waals surface area contributed by atoms with Crippen molar-refractivity contribution in [3.63, 3.8) is 0 Å². The Morgan fingerprint density at radius 2 is 1.89 bits per heavy atom. The minimum absolute atomic E-state index is 0.0286. The monoisotopic (exact) mass is 389 g/mol. The molecule has 1 aliphatic rings. The smallest absolute Gasteiger partial charge is 0.233 e. The lowest BCUT2D eigenvalue weighted by molar-refractivity contribution is -0.121. The van der Waals surface area contributed by atoms with Crippen molar-refractivity contribution in [3.8, 4) is 17.1 Å². The quantitative estimate of drug-likeness (QED) is 0.448. The number of aromatic nitrogens is 3. The van der Waals surface area contributed by atoms with Gasteiger partial charge in [-0.3, -0.25) is 4.79 Å². The van der Waals surface area contributed by atoms with Crippen LogP contribution in [0.25, 0.3) is 11.4 Å². The topological polar surface area (TPSA) is 95.1 Å². The van der Waals surface area contributed by atoms with Crippen molar-refractivity contribution in [2.45, 2.75) is 61.9 Å². The van der Waals surface area contributed by atoms with Crippen LogP contribution in [0.2, 0.25) is 0 Å². The zero-order chi connectivity index (χ0) is 19.2. The molecule has 1 heterocycles. The highest BCUT2D eigenvalue weighted by Crippen LogP contribution is 2.26. The molecule has 0 aliphatic heterocycles. The number of hydrogen-bond donors (Lipinski definition) is 2. The molecule has 8 heteroatoms. The number of amides is 1. The molecule has 0 saturated heterocycles. The van der Waals surface area contributed by atoms with E-state index in [1.165, 1.54) is 42.1 Å². The van der Waals surface area contributed by atoms with Crippen molar-refractivity contribution < 1.29 is 9.53 Å². The molecule has 1 atom stereocenters. The molecule has 1 saturated carbocycles. The number of carbonyl (C=O) groups is 1. The molecule has 1 amide bonds. The Labute approximate surface area is 164 Å². The van der Waals surface area contributed by atoms with Crippen molar-refractivity contribution in [1.82, 2.24) is 20.2 Å². The summed E-state index contributed by atoms with van der Waals surface area (Å²) in [5.41, 5.74) is 0.841. The first kappa shape index (κ1) is 19.5. The van der Waals surface area contributed by atoms with Gasteiger partial charge >= 0.3 is 0 Å². The number of thioether (sulfide) groups is 1. The fourth-order valence-corrected chi connectivity index (χ4v) is 4.03. The Morgan fingerprint density at radius 1 is 1.22 bits per heavy atom. The molecule has 27 heavy (non-hydrogen) atoms. The van der Waals surface area contributed by atoms with Gasteiger partial charge in [0, 0.05) is 11.6 Å². The number of nitrogens with two attached hydrogens (primary N) is 1. The number of nitrogens with one attached hydrogen (secondary N) is 1. The molecule has 0 bridgehead atoms. The van der Waals surface area contributed by atoms with Crippen LogP contribution in [-0.2, 0) is 4.79 Å². The molecule has 7 nitrogen and oxygen atoms in total. The fourth-order valence-electron chi connectivity index (χ4n) is 3.25. The molecular weight excluding hydrogens is 362 g/mol. The second-order valence-electron chi connectivity index (χ2n) is 6.86. The normalized spacial score (nSPS) is 16.5. The van der Waals surface area contributed by atoms with Crippen LogP contribution in [0.4, 0.5) is 0 Å². The highest BCUT2D eigenvalue weighted by atomic mass is 32.2. The van der Waals surface area contributed by atoms with E-state index in [9.17, 15) is 4.79 Å². The van der Waals surface area contributed by atoms with Gasteiger partial charge in [0.05, 0.1) is 12.4 Å². The number of benzene rings is 1.